The van der Waals surface area contributed by atoms with Gasteiger partial charge in [-0.1, -0.05) is 33.6 Å². The van der Waals surface area contributed by atoms with Gasteiger partial charge >= 0.3 is 0 Å². The second kappa shape index (κ2) is 7.25. The molecule has 128 valence electrons. The average Bonchev–Trinajstić information content (AvgIpc) is 2.82. The first-order valence-electron chi connectivity index (χ1n) is 7.34. The maximum absolute atomic E-state index is 12.4. The van der Waals surface area contributed by atoms with E-state index in [9.17, 15) is 4.79 Å². The number of carbonyl (C=O) groups is 1. The Morgan fingerprint density at radius 3 is 2.72 bits per heavy atom. The van der Waals surface area contributed by atoms with Crippen LogP contribution in [0.5, 0.6) is 11.6 Å². The van der Waals surface area contributed by atoms with Crippen LogP contribution in [-0.4, -0.2) is 20.7 Å². The van der Waals surface area contributed by atoms with Crippen LogP contribution in [0.3, 0.4) is 0 Å². The van der Waals surface area contributed by atoms with Crippen LogP contribution in [0.2, 0.25) is 5.15 Å². The monoisotopic (exact) mass is 420 g/mol. The number of nitrogens with zero attached hydrogens (tertiary/aromatic N) is 3. The van der Waals surface area contributed by atoms with Crippen molar-refractivity contribution in [2.45, 2.75) is 6.92 Å². The first-order chi connectivity index (χ1) is 11.9. The zero-order chi connectivity index (χ0) is 18.0. The molecule has 0 spiro atoms. The highest BCUT2D eigenvalue weighted by atomic mass is 79.9. The van der Waals surface area contributed by atoms with E-state index in [2.05, 4.69) is 31.3 Å². The molecule has 3 aromatic rings. The quantitative estimate of drug-likeness (QED) is 0.669. The van der Waals surface area contributed by atoms with Crippen molar-refractivity contribution in [3.05, 3.63) is 63.5 Å². The zero-order valence-electron chi connectivity index (χ0n) is 13.5. The van der Waals surface area contributed by atoms with Crippen LogP contribution in [0.25, 0.3) is 0 Å². The van der Waals surface area contributed by atoms with Crippen LogP contribution in [-0.2, 0) is 7.05 Å². The van der Waals surface area contributed by atoms with Gasteiger partial charge in [0.1, 0.15) is 10.9 Å². The summed E-state index contributed by atoms with van der Waals surface area (Å²) in [4.78, 5) is 16.6. The summed E-state index contributed by atoms with van der Waals surface area (Å²) in [5, 5.41) is 7.17. The van der Waals surface area contributed by atoms with Gasteiger partial charge in [-0.25, -0.2) is 4.98 Å². The Labute approximate surface area is 157 Å². The van der Waals surface area contributed by atoms with Crippen LogP contribution in [0, 0.1) is 6.92 Å². The largest absolute Gasteiger partial charge is 0.439 e. The number of carbonyl (C=O) groups excluding carboxylic acids is 1. The lowest BCUT2D eigenvalue weighted by atomic mass is 10.2. The smallest absolute Gasteiger partial charge is 0.260 e. The predicted molar refractivity (Wildman–Crippen MR) is 99.4 cm³/mol. The molecule has 0 radical (unpaired) electrons. The summed E-state index contributed by atoms with van der Waals surface area (Å²) in [7, 11) is 1.68. The van der Waals surface area contributed by atoms with Gasteiger partial charge in [0.2, 0.25) is 5.88 Å². The van der Waals surface area contributed by atoms with Gasteiger partial charge in [0.25, 0.3) is 5.91 Å². The number of pyridine rings is 1. The molecule has 3 rings (SSSR count). The molecule has 2 heterocycles. The van der Waals surface area contributed by atoms with E-state index in [4.69, 9.17) is 16.3 Å². The molecule has 0 unspecified atom stereocenters. The van der Waals surface area contributed by atoms with Crippen LogP contribution < -0.4 is 10.1 Å². The molecule has 1 aromatic carbocycles. The van der Waals surface area contributed by atoms with Crippen LogP contribution in [0.1, 0.15) is 16.1 Å². The van der Waals surface area contributed by atoms with Crippen molar-refractivity contribution in [2.75, 3.05) is 5.32 Å². The molecule has 2 aromatic heterocycles. The zero-order valence-corrected chi connectivity index (χ0v) is 15.8. The van der Waals surface area contributed by atoms with Crippen molar-refractivity contribution < 1.29 is 9.53 Å². The molecule has 0 aliphatic carbocycles. The van der Waals surface area contributed by atoms with Gasteiger partial charge in [0.05, 0.1) is 23.1 Å². The molecule has 0 fully saturated rings. The normalized spacial score (nSPS) is 10.6. The fourth-order valence-corrected chi connectivity index (χ4v) is 2.89. The summed E-state index contributed by atoms with van der Waals surface area (Å²) in [6.45, 7) is 1.73. The first-order valence-corrected chi connectivity index (χ1v) is 8.51. The molecule has 6 nitrogen and oxygen atoms in total. The molecule has 8 heteroatoms. The number of benzene rings is 1. The first kappa shape index (κ1) is 17.4. The Bertz CT molecular complexity index is 925. The second-order valence-electron chi connectivity index (χ2n) is 5.27. The van der Waals surface area contributed by atoms with Gasteiger partial charge in [0.15, 0.2) is 0 Å². The lowest BCUT2D eigenvalue weighted by molar-refractivity contribution is 0.102. The third-order valence-corrected chi connectivity index (χ3v) is 4.32. The summed E-state index contributed by atoms with van der Waals surface area (Å²) in [6.07, 6.45) is 1.52. The second-order valence-corrected chi connectivity index (χ2v) is 6.55. The molecule has 0 saturated heterocycles. The van der Waals surface area contributed by atoms with Crippen molar-refractivity contribution in [3.63, 3.8) is 0 Å². The number of hydrogen-bond acceptors (Lipinski definition) is 4. The van der Waals surface area contributed by atoms with E-state index in [1.165, 1.54) is 10.9 Å². The maximum Gasteiger partial charge on any atom is 0.260 e. The van der Waals surface area contributed by atoms with E-state index < -0.39 is 0 Å². The molecule has 25 heavy (non-hydrogen) atoms. The standard InChI is InChI=1S/C17H14BrClN4O2/c1-10-15(16(19)23(2)22-10)17(24)21-12-6-7-14(20-9-12)25-13-5-3-4-11(18)8-13/h3-9H,1-2H3,(H,21,24). The summed E-state index contributed by atoms with van der Waals surface area (Å²) in [5.74, 6) is 0.751. The minimum atomic E-state index is -0.335. The molecular weight excluding hydrogens is 408 g/mol. The number of aromatic nitrogens is 3. The number of aryl methyl sites for hydroxylation is 2. The number of rotatable bonds is 4. The van der Waals surface area contributed by atoms with E-state index in [1.807, 2.05) is 24.3 Å². The number of amides is 1. The van der Waals surface area contributed by atoms with Crippen molar-refractivity contribution >= 4 is 39.1 Å². The Morgan fingerprint density at radius 2 is 2.12 bits per heavy atom. The van der Waals surface area contributed by atoms with E-state index in [1.54, 1.807) is 26.1 Å². The molecular formula is C17H14BrClN4O2. The van der Waals surface area contributed by atoms with Gasteiger partial charge in [-0.2, -0.15) is 5.10 Å². The van der Waals surface area contributed by atoms with Crippen molar-refractivity contribution in [3.8, 4) is 11.6 Å². The van der Waals surface area contributed by atoms with Crippen molar-refractivity contribution in [1.82, 2.24) is 14.8 Å². The maximum atomic E-state index is 12.4. The minimum absolute atomic E-state index is 0.289. The summed E-state index contributed by atoms with van der Waals surface area (Å²) < 4.78 is 8.03. The number of ether oxygens (including phenoxy) is 1. The van der Waals surface area contributed by atoms with E-state index in [0.29, 0.717) is 28.6 Å². The Balaban J connectivity index is 1.71. The highest BCUT2D eigenvalue weighted by molar-refractivity contribution is 9.10. The number of halogens is 2. The van der Waals surface area contributed by atoms with E-state index >= 15 is 0 Å². The van der Waals surface area contributed by atoms with Gasteiger partial charge < -0.3 is 10.1 Å². The number of anilines is 1. The highest BCUT2D eigenvalue weighted by Crippen LogP contribution is 2.24. The van der Waals surface area contributed by atoms with E-state index in [-0.39, 0.29) is 11.1 Å². The summed E-state index contributed by atoms with van der Waals surface area (Å²) in [5.41, 5.74) is 1.44. The Kier molecular flexibility index (Phi) is 5.06. The number of nitrogens with one attached hydrogen (secondary N) is 1. The fraction of sp³-hybridized carbons (Fsp3) is 0.118. The molecule has 0 atom stereocenters. The van der Waals surface area contributed by atoms with Crippen LogP contribution in [0.4, 0.5) is 5.69 Å². The SMILES string of the molecule is Cc1nn(C)c(Cl)c1C(=O)Nc1ccc(Oc2cccc(Br)c2)nc1. The minimum Gasteiger partial charge on any atom is -0.439 e. The third-order valence-electron chi connectivity index (χ3n) is 3.39. The van der Waals surface area contributed by atoms with Gasteiger partial charge in [-0.15, -0.1) is 0 Å². The van der Waals surface area contributed by atoms with Crippen molar-refractivity contribution in [1.29, 1.82) is 0 Å². The molecule has 0 bridgehead atoms. The lowest BCUT2D eigenvalue weighted by Crippen LogP contribution is -2.13. The van der Waals surface area contributed by atoms with E-state index in [0.717, 1.165) is 4.47 Å². The fourth-order valence-electron chi connectivity index (χ4n) is 2.25. The van der Waals surface area contributed by atoms with Gasteiger partial charge in [-0.3, -0.25) is 9.48 Å². The van der Waals surface area contributed by atoms with Gasteiger partial charge in [-0.05, 0) is 31.2 Å². The molecule has 0 saturated carbocycles. The number of hydrogen-bond donors (Lipinski definition) is 1. The lowest BCUT2D eigenvalue weighted by Gasteiger charge is -2.07. The van der Waals surface area contributed by atoms with Crippen LogP contribution in [0.15, 0.2) is 47.1 Å². The molecule has 0 aliphatic heterocycles. The summed E-state index contributed by atoms with van der Waals surface area (Å²) >= 11 is 9.49. The summed E-state index contributed by atoms with van der Waals surface area (Å²) in [6, 6.07) is 10.8. The van der Waals surface area contributed by atoms with Crippen molar-refractivity contribution in [2.24, 2.45) is 7.05 Å². The molecule has 0 aliphatic rings. The Hall–Kier alpha value is -2.38. The molecule has 1 N–H and O–H groups in total. The average molecular weight is 422 g/mol. The Morgan fingerprint density at radius 1 is 1.32 bits per heavy atom. The predicted octanol–water partition coefficient (Wildman–Crippen LogP) is 4.58. The van der Waals surface area contributed by atoms with Gasteiger partial charge in [0, 0.05) is 17.6 Å². The molecule has 1 amide bonds. The third kappa shape index (κ3) is 4.00. The highest BCUT2D eigenvalue weighted by Gasteiger charge is 2.19. The van der Waals surface area contributed by atoms with Crippen LogP contribution >= 0.6 is 27.5 Å². The topological polar surface area (TPSA) is 69.0 Å².